The van der Waals surface area contributed by atoms with E-state index in [1.807, 2.05) is 0 Å². The van der Waals surface area contributed by atoms with Crippen molar-refractivity contribution in [2.24, 2.45) is 0 Å². The molecule has 1 atom stereocenters. The summed E-state index contributed by atoms with van der Waals surface area (Å²) in [6, 6.07) is 3.76. The molecule has 0 fully saturated rings. The third-order valence-electron chi connectivity index (χ3n) is 2.59. The van der Waals surface area contributed by atoms with E-state index in [9.17, 15) is 12.8 Å². The van der Waals surface area contributed by atoms with Crippen LogP contribution in [0.5, 0.6) is 5.75 Å². The second kappa shape index (κ2) is 6.15. The molecule has 0 spiro atoms. The molecule has 2 N–H and O–H groups in total. The number of aromatic hydroxyl groups is 1. The Labute approximate surface area is 107 Å². The molecule has 18 heavy (non-hydrogen) atoms. The molecule has 6 heteroatoms. The number of benzene rings is 1. The molecule has 0 aliphatic rings. The minimum Gasteiger partial charge on any atom is -0.508 e. The molecule has 1 aromatic carbocycles. The maximum atomic E-state index is 13.5. The van der Waals surface area contributed by atoms with E-state index in [1.165, 1.54) is 18.4 Å². The van der Waals surface area contributed by atoms with Gasteiger partial charge in [-0.25, -0.2) is 12.8 Å². The van der Waals surface area contributed by atoms with Gasteiger partial charge >= 0.3 is 0 Å². The number of hydrogen-bond acceptors (Lipinski definition) is 4. The molecule has 1 rings (SSSR count). The highest BCUT2D eigenvalue weighted by atomic mass is 32.2. The van der Waals surface area contributed by atoms with E-state index in [-0.39, 0.29) is 17.5 Å². The Hall–Kier alpha value is -1.14. The quantitative estimate of drug-likeness (QED) is 0.774. The summed E-state index contributed by atoms with van der Waals surface area (Å²) in [6.07, 6.45) is 1.68. The van der Waals surface area contributed by atoms with Gasteiger partial charge in [0.2, 0.25) is 0 Å². The van der Waals surface area contributed by atoms with Crippen molar-refractivity contribution < 1.29 is 17.9 Å². The summed E-state index contributed by atoms with van der Waals surface area (Å²) >= 11 is 0. The Balaban J connectivity index is 2.48. The molecule has 0 aliphatic carbocycles. The van der Waals surface area contributed by atoms with Crippen molar-refractivity contribution in [1.82, 2.24) is 5.32 Å². The molecule has 0 amide bonds. The second-order valence-electron chi connectivity index (χ2n) is 4.37. The molecule has 0 saturated carbocycles. The molecule has 1 aromatic rings. The van der Waals surface area contributed by atoms with E-state index < -0.39 is 15.7 Å². The smallest absolute Gasteiger partial charge is 0.147 e. The Bertz CT molecular complexity index is 502. The van der Waals surface area contributed by atoms with Crippen molar-refractivity contribution in [1.29, 1.82) is 0 Å². The predicted octanol–water partition coefficient (Wildman–Crippen LogP) is 1.62. The van der Waals surface area contributed by atoms with Gasteiger partial charge in [0.15, 0.2) is 0 Å². The lowest BCUT2D eigenvalue weighted by atomic mass is 10.1. The van der Waals surface area contributed by atoms with Crippen LogP contribution in [-0.2, 0) is 9.84 Å². The van der Waals surface area contributed by atoms with E-state index in [0.717, 1.165) is 6.07 Å². The fraction of sp³-hybridized carbons (Fsp3) is 0.500. The lowest BCUT2D eigenvalue weighted by molar-refractivity contribution is 0.463. The maximum Gasteiger partial charge on any atom is 0.147 e. The van der Waals surface area contributed by atoms with Crippen LogP contribution in [0.15, 0.2) is 18.2 Å². The average molecular weight is 275 g/mol. The standard InChI is InChI=1S/C12H18FNO3S/c1-9(14-6-3-7-18(2,16)17)11-5-4-10(15)8-12(11)13/h4-5,8-9,14-15H,3,6-7H2,1-2H3. The molecule has 0 radical (unpaired) electrons. The monoisotopic (exact) mass is 275 g/mol. The van der Waals surface area contributed by atoms with Crippen LogP contribution < -0.4 is 5.32 Å². The third-order valence-corrected chi connectivity index (χ3v) is 3.62. The molecule has 0 heterocycles. The van der Waals surface area contributed by atoms with Gasteiger partial charge in [-0.3, -0.25) is 0 Å². The number of phenols is 1. The summed E-state index contributed by atoms with van der Waals surface area (Å²) in [5.74, 6) is -0.469. The van der Waals surface area contributed by atoms with Gasteiger partial charge in [0.1, 0.15) is 21.4 Å². The van der Waals surface area contributed by atoms with Crippen molar-refractivity contribution in [3.63, 3.8) is 0 Å². The van der Waals surface area contributed by atoms with Gasteiger partial charge in [0, 0.05) is 23.9 Å². The fourth-order valence-electron chi connectivity index (χ4n) is 1.63. The van der Waals surface area contributed by atoms with Crippen LogP contribution in [-0.4, -0.2) is 32.1 Å². The Morgan fingerprint density at radius 1 is 1.44 bits per heavy atom. The first-order chi connectivity index (χ1) is 8.29. The lowest BCUT2D eigenvalue weighted by Gasteiger charge is -2.15. The van der Waals surface area contributed by atoms with Gasteiger partial charge < -0.3 is 10.4 Å². The van der Waals surface area contributed by atoms with Crippen LogP contribution in [0.4, 0.5) is 4.39 Å². The second-order valence-corrected chi connectivity index (χ2v) is 6.62. The highest BCUT2D eigenvalue weighted by molar-refractivity contribution is 7.90. The number of halogens is 1. The first-order valence-corrected chi connectivity index (χ1v) is 7.75. The summed E-state index contributed by atoms with van der Waals surface area (Å²) in [7, 11) is -2.95. The van der Waals surface area contributed by atoms with E-state index in [4.69, 9.17) is 5.11 Å². The number of hydrogen-bond donors (Lipinski definition) is 2. The number of rotatable bonds is 6. The van der Waals surface area contributed by atoms with E-state index >= 15 is 0 Å². The molecule has 102 valence electrons. The van der Waals surface area contributed by atoms with Gasteiger partial charge in [0.25, 0.3) is 0 Å². The van der Waals surface area contributed by atoms with E-state index in [0.29, 0.717) is 18.5 Å². The molecular weight excluding hydrogens is 257 g/mol. The van der Waals surface area contributed by atoms with E-state index in [1.54, 1.807) is 6.92 Å². The van der Waals surface area contributed by atoms with Gasteiger partial charge in [-0.05, 0) is 26.0 Å². The zero-order valence-electron chi connectivity index (χ0n) is 10.5. The summed E-state index contributed by atoms with van der Waals surface area (Å²) in [5.41, 5.74) is 0.451. The Morgan fingerprint density at radius 2 is 2.11 bits per heavy atom. The first kappa shape index (κ1) is 14.9. The highest BCUT2D eigenvalue weighted by Gasteiger charge is 2.11. The number of sulfone groups is 1. The summed E-state index contributed by atoms with van der Waals surface area (Å²) in [6.45, 7) is 2.28. The van der Waals surface area contributed by atoms with Crippen LogP contribution in [0.25, 0.3) is 0 Å². The van der Waals surface area contributed by atoms with E-state index in [2.05, 4.69) is 5.32 Å². The van der Waals surface area contributed by atoms with Gasteiger partial charge in [0.05, 0.1) is 5.75 Å². The Morgan fingerprint density at radius 3 is 2.67 bits per heavy atom. The van der Waals surface area contributed by atoms with Crippen LogP contribution >= 0.6 is 0 Å². The van der Waals surface area contributed by atoms with Crippen molar-refractivity contribution in [2.45, 2.75) is 19.4 Å². The molecule has 0 aliphatic heterocycles. The molecule has 0 aromatic heterocycles. The van der Waals surface area contributed by atoms with Crippen LogP contribution in [0.3, 0.4) is 0 Å². The average Bonchev–Trinajstić information content (AvgIpc) is 2.22. The molecule has 1 unspecified atom stereocenters. The fourth-order valence-corrected chi connectivity index (χ4v) is 2.30. The zero-order chi connectivity index (χ0) is 13.8. The van der Waals surface area contributed by atoms with Crippen molar-refractivity contribution in [2.75, 3.05) is 18.6 Å². The number of phenolic OH excluding ortho intramolecular Hbond substituents is 1. The molecule has 4 nitrogen and oxygen atoms in total. The summed E-state index contributed by atoms with van der Waals surface area (Å²) in [4.78, 5) is 0. The van der Waals surface area contributed by atoms with Crippen LogP contribution in [0, 0.1) is 5.82 Å². The lowest BCUT2D eigenvalue weighted by Crippen LogP contribution is -2.22. The maximum absolute atomic E-state index is 13.5. The van der Waals surface area contributed by atoms with Gasteiger partial charge in [-0.1, -0.05) is 6.07 Å². The minimum atomic E-state index is -2.95. The van der Waals surface area contributed by atoms with Crippen molar-refractivity contribution >= 4 is 9.84 Å². The first-order valence-electron chi connectivity index (χ1n) is 5.69. The minimum absolute atomic E-state index is 0.111. The summed E-state index contributed by atoms with van der Waals surface area (Å²) in [5, 5.41) is 12.1. The third kappa shape index (κ3) is 5.01. The van der Waals surface area contributed by atoms with Gasteiger partial charge in [-0.2, -0.15) is 0 Å². The molecule has 0 saturated heterocycles. The van der Waals surface area contributed by atoms with Crippen molar-refractivity contribution in [3.8, 4) is 5.75 Å². The Kier molecular flexibility index (Phi) is 5.10. The van der Waals surface area contributed by atoms with Crippen molar-refractivity contribution in [3.05, 3.63) is 29.6 Å². The topological polar surface area (TPSA) is 66.4 Å². The normalized spacial score (nSPS) is 13.5. The highest BCUT2D eigenvalue weighted by Crippen LogP contribution is 2.20. The zero-order valence-corrected chi connectivity index (χ0v) is 11.3. The number of nitrogens with one attached hydrogen (secondary N) is 1. The van der Waals surface area contributed by atoms with Gasteiger partial charge in [-0.15, -0.1) is 0 Å². The van der Waals surface area contributed by atoms with Crippen LogP contribution in [0.1, 0.15) is 24.9 Å². The largest absolute Gasteiger partial charge is 0.508 e. The predicted molar refractivity (Wildman–Crippen MR) is 68.8 cm³/mol. The SMILES string of the molecule is CC(NCCCS(C)(=O)=O)c1ccc(O)cc1F. The molecular formula is C12H18FNO3S. The molecule has 0 bridgehead atoms. The van der Waals surface area contributed by atoms with Crippen LogP contribution in [0.2, 0.25) is 0 Å². The summed E-state index contributed by atoms with van der Waals surface area (Å²) < 4.78 is 35.3.